The summed E-state index contributed by atoms with van der Waals surface area (Å²) in [6.45, 7) is 1.89. The van der Waals surface area contributed by atoms with Crippen LogP contribution in [0.25, 0.3) is 0 Å². The van der Waals surface area contributed by atoms with Gasteiger partial charge in [-0.05, 0) is 25.1 Å². The first-order valence-electron chi connectivity index (χ1n) is 4.60. The molecule has 0 amide bonds. The van der Waals surface area contributed by atoms with Crippen LogP contribution in [-0.4, -0.2) is 20.7 Å². The third kappa shape index (κ3) is 2.43. The zero-order chi connectivity index (χ0) is 10.5. The van der Waals surface area contributed by atoms with Crippen molar-refractivity contribution in [3.05, 3.63) is 48.5 Å². The van der Waals surface area contributed by atoms with E-state index in [0.717, 1.165) is 11.4 Å². The highest BCUT2D eigenvalue weighted by Gasteiger charge is 1.98. The summed E-state index contributed by atoms with van der Waals surface area (Å²) >= 11 is 0. The molecule has 2 heterocycles. The number of hydrogen-bond donors (Lipinski definition) is 0. The lowest BCUT2D eigenvalue weighted by Crippen LogP contribution is -1.97. The fourth-order valence-corrected chi connectivity index (χ4v) is 1.13. The maximum atomic E-state index is 4.26. The van der Waals surface area contributed by atoms with E-state index >= 15 is 0 Å². The summed E-state index contributed by atoms with van der Waals surface area (Å²) < 4.78 is 0. The highest BCUT2D eigenvalue weighted by Crippen LogP contribution is 2.04. The topological polar surface area (TPSA) is 51.0 Å². The zero-order valence-electron chi connectivity index (χ0n) is 8.33. The third-order valence-corrected chi connectivity index (χ3v) is 1.86. The molecule has 0 saturated carbocycles. The van der Waals surface area contributed by atoms with E-state index in [1.54, 1.807) is 24.7 Å². The summed E-state index contributed by atoms with van der Waals surface area (Å²) in [5, 5.41) is 0. The average molecular weight is 198 g/mol. The van der Waals surface area contributed by atoms with Crippen molar-refractivity contribution in [3.8, 4) is 0 Å². The molecule has 2 aromatic heterocycles. The minimum absolute atomic E-state index is 0.459. The van der Waals surface area contributed by atoms with Crippen LogP contribution in [0.1, 0.15) is 12.6 Å². The van der Waals surface area contributed by atoms with Crippen molar-refractivity contribution in [2.45, 2.75) is 6.92 Å². The Balaban J connectivity index is 2.29. The van der Waals surface area contributed by atoms with Crippen LogP contribution in [0.4, 0.5) is 5.95 Å². The van der Waals surface area contributed by atoms with E-state index in [1.807, 2.05) is 25.1 Å². The van der Waals surface area contributed by atoms with Crippen LogP contribution >= 0.6 is 0 Å². The van der Waals surface area contributed by atoms with Gasteiger partial charge >= 0.3 is 0 Å². The predicted octanol–water partition coefficient (Wildman–Crippen LogP) is 2.01. The molecule has 0 aliphatic heterocycles. The van der Waals surface area contributed by atoms with Crippen LogP contribution in [0.15, 0.2) is 47.8 Å². The summed E-state index contributed by atoms with van der Waals surface area (Å²) in [6.07, 6.45) is 5.06. The molecule has 0 bridgehead atoms. The Bertz CT molecular complexity index is 451. The van der Waals surface area contributed by atoms with Gasteiger partial charge in [0.25, 0.3) is 0 Å². The van der Waals surface area contributed by atoms with Gasteiger partial charge in [0.1, 0.15) is 0 Å². The molecule has 4 heteroatoms. The molecule has 0 atom stereocenters. The fourth-order valence-electron chi connectivity index (χ4n) is 1.13. The van der Waals surface area contributed by atoms with Crippen LogP contribution in [0.5, 0.6) is 0 Å². The van der Waals surface area contributed by atoms with Gasteiger partial charge in [0.05, 0.1) is 11.4 Å². The highest BCUT2D eigenvalue weighted by atomic mass is 15.0. The van der Waals surface area contributed by atoms with E-state index in [1.165, 1.54) is 0 Å². The van der Waals surface area contributed by atoms with E-state index in [4.69, 9.17) is 0 Å². The molecule has 0 aromatic carbocycles. The molecule has 2 aromatic rings. The minimum Gasteiger partial charge on any atom is -0.255 e. The van der Waals surface area contributed by atoms with E-state index in [0.29, 0.717) is 5.95 Å². The zero-order valence-corrected chi connectivity index (χ0v) is 8.33. The molecule has 0 unspecified atom stereocenters. The largest absolute Gasteiger partial charge is 0.255 e. The van der Waals surface area contributed by atoms with Gasteiger partial charge in [0, 0.05) is 18.6 Å². The molecule has 0 aliphatic carbocycles. The molecule has 15 heavy (non-hydrogen) atoms. The monoisotopic (exact) mass is 198 g/mol. The van der Waals surface area contributed by atoms with Gasteiger partial charge in [-0.2, -0.15) is 0 Å². The summed E-state index contributed by atoms with van der Waals surface area (Å²) in [7, 11) is 0. The smallest absolute Gasteiger partial charge is 0.249 e. The summed E-state index contributed by atoms with van der Waals surface area (Å²) in [5.41, 5.74) is 1.65. The van der Waals surface area contributed by atoms with Gasteiger partial charge in [-0.25, -0.2) is 15.0 Å². The Morgan fingerprint density at radius 2 is 1.73 bits per heavy atom. The predicted molar refractivity (Wildman–Crippen MR) is 58.1 cm³/mol. The fraction of sp³-hybridized carbons (Fsp3) is 0.0909. The van der Waals surface area contributed by atoms with Crippen molar-refractivity contribution in [1.29, 1.82) is 0 Å². The van der Waals surface area contributed by atoms with E-state index in [-0.39, 0.29) is 0 Å². The first kappa shape index (κ1) is 9.45. The molecule has 0 fully saturated rings. The van der Waals surface area contributed by atoms with Crippen molar-refractivity contribution >= 4 is 11.7 Å². The van der Waals surface area contributed by atoms with Gasteiger partial charge in [-0.1, -0.05) is 6.07 Å². The van der Waals surface area contributed by atoms with Crippen LogP contribution in [0.2, 0.25) is 0 Å². The minimum atomic E-state index is 0.459. The lowest BCUT2D eigenvalue weighted by molar-refractivity contribution is 1.13. The molecule has 2 rings (SSSR count). The van der Waals surface area contributed by atoms with Gasteiger partial charge < -0.3 is 0 Å². The first-order valence-corrected chi connectivity index (χ1v) is 4.60. The van der Waals surface area contributed by atoms with Crippen LogP contribution in [-0.2, 0) is 0 Å². The van der Waals surface area contributed by atoms with Gasteiger partial charge in [0.15, 0.2) is 0 Å². The van der Waals surface area contributed by atoms with Gasteiger partial charge in [0.2, 0.25) is 5.95 Å². The molecule has 0 saturated heterocycles. The lowest BCUT2D eigenvalue weighted by Gasteiger charge is -1.97. The number of rotatable bonds is 2. The van der Waals surface area contributed by atoms with Crippen LogP contribution in [0, 0.1) is 0 Å². The van der Waals surface area contributed by atoms with E-state index in [2.05, 4.69) is 19.9 Å². The normalized spacial score (nSPS) is 11.4. The average Bonchev–Trinajstić information content (AvgIpc) is 2.31. The Kier molecular flexibility index (Phi) is 2.78. The maximum Gasteiger partial charge on any atom is 0.249 e. The van der Waals surface area contributed by atoms with E-state index in [9.17, 15) is 0 Å². The number of hydrogen-bond acceptors (Lipinski definition) is 4. The number of pyridine rings is 1. The summed E-state index contributed by atoms with van der Waals surface area (Å²) in [4.78, 5) is 16.5. The lowest BCUT2D eigenvalue weighted by atomic mass is 10.2. The first-order chi connectivity index (χ1) is 7.36. The van der Waals surface area contributed by atoms with Crippen LogP contribution in [0.3, 0.4) is 0 Å². The molecule has 74 valence electrons. The quantitative estimate of drug-likeness (QED) is 0.693. The number of aromatic nitrogens is 3. The van der Waals surface area contributed by atoms with Crippen molar-refractivity contribution in [2.24, 2.45) is 4.99 Å². The molecule has 0 spiro atoms. The summed E-state index contributed by atoms with van der Waals surface area (Å²) in [5.74, 6) is 0.459. The molecule has 4 nitrogen and oxygen atoms in total. The summed E-state index contributed by atoms with van der Waals surface area (Å²) in [6, 6.07) is 7.46. The Morgan fingerprint density at radius 3 is 2.40 bits per heavy atom. The SMILES string of the molecule is CC(=Nc1ncccn1)c1ccccn1. The third-order valence-electron chi connectivity index (χ3n) is 1.86. The standard InChI is InChI=1S/C11H10N4/c1-9(10-5-2-3-6-12-10)15-11-13-7-4-8-14-11/h2-8H,1H3. The molecule has 0 N–H and O–H groups in total. The van der Waals surface area contributed by atoms with Crippen molar-refractivity contribution in [1.82, 2.24) is 15.0 Å². The Labute approximate surface area is 87.8 Å². The van der Waals surface area contributed by atoms with Gasteiger partial charge in [-0.15, -0.1) is 0 Å². The van der Waals surface area contributed by atoms with Gasteiger partial charge in [-0.3, -0.25) is 4.98 Å². The van der Waals surface area contributed by atoms with E-state index < -0.39 is 0 Å². The molecular weight excluding hydrogens is 188 g/mol. The van der Waals surface area contributed by atoms with Crippen molar-refractivity contribution in [2.75, 3.05) is 0 Å². The highest BCUT2D eigenvalue weighted by molar-refractivity contribution is 5.98. The van der Waals surface area contributed by atoms with Crippen molar-refractivity contribution in [3.63, 3.8) is 0 Å². The number of nitrogens with zero attached hydrogens (tertiary/aromatic N) is 4. The van der Waals surface area contributed by atoms with Crippen molar-refractivity contribution < 1.29 is 0 Å². The second kappa shape index (κ2) is 4.41. The second-order valence-corrected chi connectivity index (χ2v) is 2.96. The Morgan fingerprint density at radius 1 is 1.00 bits per heavy atom. The van der Waals surface area contributed by atoms with Crippen LogP contribution < -0.4 is 0 Å². The maximum absolute atomic E-state index is 4.26. The second-order valence-electron chi connectivity index (χ2n) is 2.96. The molecule has 0 aliphatic rings. The molecule has 0 radical (unpaired) electrons. The molecular formula is C11H10N4. The number of aliphatic imine (C=N–C) groups is 1. The Hall–Kier alpha value is -2.10.